The van der Waals surface area contributed by atoms with Crippen LogP contribution in [0.5, 0.6) is 0 Å². The number of halogens is 2. The highest BCUT2D eigenvalue weighted by molar-refractivity contribution is 7.80. The number of rotatable bonds is 5. The van der Waals surface area contributed by atoms with Crippen molar-refractivity contribution in [3.05, 3.63) is 71.7 Å². The molecule has 0 aliphatic carbocycles. The average molecular weight is 459 g/mol. The van der Waals surface area contributed by atoms with Crippen LogP contribution in [-0.4, -0.2) is 31.9 Å². The van der Waals surface area contributed by atoms with E-state index in [-0.39, 0.29) is 21.3 Å². The SMILES string of the molecule is O=C(NC(=S)Nc1c(Cl)cc(Cl)cc1C(=O)O)c1cc([N+](=O)[O-])cc([N+](=O)[O-])c1. The fraction of sp³-hybridized carbons (Fsp3) is 0. The number of benzene rings is 2. The Morgan fingerprint density at radius 1 is 1.00 bits per heavy atom. The quantitative estimate of drug-likeness (QED) is 0.344. The Hall–Kier alpha value is -3.35. The molecule has 0 atom stereocenters. The number of carboxylic acids is 1. The lowest BCUT2D eigenvalue weighted by Gasteiger charge is -2.13. The number of nitro benzene ring substituents is 2. The van der Waals surface area contributed by atoms with Crippen LogP contribution < -0.4 is 10.6 Å². The molecule has 0 saturated carbocycles. The van der Waals surface area contributed by atoms with Crippen LogP contribution in [0.1, 0.15) is 20.7 Å². The van der Waals surface area contributed by atoms with Crippen molar-refractivity contribution < 1.29 is 24.5 Å². The third kappa shape index (κ3) is 5.34. The van der Waals surface area contributed by atoms with Crippen molar-refractivity contribution in [2.24, 2.45) is 0 Å². The van der Waals surface area contributed by atoms with Gasteiger partial charge in [0.05, 0.1) is 37.7 Å². The topological polar surface area (TPSA) is 165 Å². The van der Waals surface area contributed by atoms with E-state index in [0.717, 1.165) is 18.2 Å². The Labute approximate surface area is 176 Å². The molecule has 0 aliphatic heterocycles. The normalized spacial score (nSPS) is 10.1. The Bertz CT molecular complexity index is 1040. The van der Waals surface area contributed by atoms with Crippen molar-refractivity contribution in [2.45, 2.75) is 0 Å². The molecule has 0 bridgehead atoms. The van der Waals surface area contributed by atoms with Crippen LogP contribution in [0.3, 0.4) is 0 Å². The van der Waals surface area contributed by atoms with Crippen LogP contribution in [0, 0.1) is 20.2 Å². The summed E-state index contributed by atoms with van der Waals surface area (Å²) in [5.74, 6) is -2.38. The molecule has 0 aliphatic rings. The van der Waals surface area contributed by atoms with Gasteiger partial charge in [-0.2, -0.15) is 0 Å². The van der Waals surface area contributed by atoms with E-state index < -0.39 is 43.8 Å². The minimum absolute atomic E-state index is 0.0526. The monoisotopic (exact) mass is 458 g/mol. The summed E-state index contributed by atoms with van der Waals surface area (Å²) in [5.41, 5.74) is -2.23. The van der Waals surface area contributed by atoms with Gasteiger partial charge in [-0.3, -0.25) is 30.3 Å². The number of carbonyl (C=O) groups is 2. The molecule has 29 heavy (non-hydrogen) atoms. The summed E-state index contributed by atoms with van der Waals surface area (Å²) in [6, 6.07) is 4.68. The first-order valence-corrected chi connectivity index (χ1v) is 8.44. The average Bonchev–Trinajstić information content (AvgIpc) is 2.62. The number of non-ortho nitro benzene ring substituents is 2. The fourth-order valence-corrected chi connectivity index (χ4v) is 2.86. The summed E-state index contributed by atoms with van der Waals surface area (Å²) in [6.07, 6.45) is 0. The molecule has 150 valence electrons. The Morgan fingerprint density at radius 3 is 2.03 bits per heavy atom. The minimum atomic E-state index is -1.37. The molecule has 0 radical (unpaired) electrons. The van der Waals surface area contributed by atoms with Gasteiger partial charge in [0.1, 0.15) is 0 Å². The van der Waals surface area contributed by atoms with Gasteiger partial charge in [-0.15, -0.1) is 0 Å². The zero-order chi connectivity index (χ0) is 21.9. The summed E-state index contributed by atoms with van der Waals surface area (Å²) < 4.78 is 0. The van der Waals surface area contributed by atoms with Crippen molar-refractivity contribution in [3.63, 3.8) is 0 Å². The predicted molar refractivity (Wildman–Crippen MR) is 107 cm³/mol. The van der Waals surface area contributed by atoms with Crippen LogP contribution in [-0.2, 0) is 0 Å². The minimum Gasteiger partial charge on any atom is -0.478 e. The lowest BCUT2D eigenvalue weighted by molar-refractivity contribution is -0.394. The second-order valence-electron chi connectivity index (χ2n) is 5.28. The first-order valence-electron chi connectivity index (χ1n) is 7.28. The van der Waals surface area contributed by atoms with Crippen LogP contribution in [0.15, 0.2) is 30.3 Å². The molecule has 2 rings (SSSR count). The van der Waals surface area contributed by atoms with Gasteiger partial charge in [-0.25, -0.2) is 4.79 Å². The van der Waals surface area contributed by atoms with E-state index in [1.165, 1.54) is 6.07 Å². The van der Waals surface area contributed by atoms with Gasteiger partial charge in [-0.05, 0) is 24.4 Å². The Morgan fingerprint density at radius 2 is 1.55 bits per heavy atom. The van der Waals surface area contributed by atoms with E-state index in [1.807, 2.05) is 0 Å². The molecular formula is C15H8Cl2N4O7S. The first-order chi connectivity index (χ1) is 13.5. The van der Waals surface area contributed by atoms with E-state index in [2.05, 4.69) is 10.6 Å². The van der Waals surface area contributed by atoms with E-state index in [1.54, 1.807) is 0 Å². The maximum absolute atomic E-state index is 12.3. The van der Waals surface area contributed by atoms with Crippen LogP contribution in [0.25, 0.3) is 0 Å². The van der Waals surface area contributed by atoms with Crippen LogP contribution >= 0.6 is 35.4 Å². The standard InChI is InChI=1S/C15H8Cl2N4O7S/c16-7-3-10(14(23)24)12(11(17)4-7)18-15(29)19-13(22)6-1-8(20(25)26)5-9(2-6)21(27)28/h1-5H,(H,23,24)(H2,18,19,22,29). The molecule has 2 aromatic carbocycles. The van der Waals surface area contributed by atoms with E-state index in [4.69, 9.17) is 35.4 Å². The zero-order valence-electron chi connectivity index (χ0n) is 13.8. The highest BCUT2D eigenvalue weighted by Crippen LogP contribution is 2.30. The lowest BCUT2D eigenvalue weighted by atomic mass is 10.1. The number of aromatic carboxylic acids is 1. The maximum atomic E-state index is 12.3. The number of nitrogens with one attached hydrogen (secondary N) is 2. The van der Waals surface area contributed by atoms with Crippen LogP contribution in [0.4, 0.5) is 17.1 Å². The molecule has 0 spiro atoms. The third-order valence-electron chi connectivity index (χ3n) is 3.34. The number of hydrogen-bond donors (Lipinski definition) is 3. The third-order valence-corrected chi connectivity index (χ3v) is 4.06. The molecule has 14 heteroatoms. The lowest BCUT2D eigenvalue weighted by Crippen LogP contribution is -2.34. The van der Waals surface area contributed by atoms with Crippen LogP contribution in [0.2, 0.25) is 10.0 Å². The molecule has 1 amide bonds. The predicted octanol–water partition coefficient (Wildman–Crippen LogP) is 3.63. The van der Waals surface area contributed by atoms with Gasteiger partial charge in [0.15, 0.2) is 5.11 Å². The number of amides is 1. The second-order valence-corrected chi connectivity index (χ2v) is 6.53. The van der Waals surface area contributed by atoms with Gasteiger partial charge in [0.2, 0.25) is 0 Å². The number of carboxylic acid groups (broad SMARTS) is 1. The largest absolute Gasteiger partial charge is 0.478 e. The smallest absolute Gasteiger partial charge is 0.337 e. The highest BCUT2D eigenvalue weighted by Gasteiger charge is 2.21. The van der Waals surface area contributed by atoms with Crippen molar-refractivity contribution >= 4 is 69.5 Å². The second kappa shape index (κ2) is 8.77. The molecule has 0 unspecified atom stereocenters. The molecule has 0 fully saturated rings. The summed E-state index contributed by atoms with van der Waals surface area (Å²) in [6.45, 7) is 0. The van der Waals surface area contributed by atoms with E-state index in [0.29, 0.717) is 6.07 Å². The summed E-state index contributed by atoms with van der Waals surface area (Å²) in [5, 5.41) is 35.2. The van der Waals surface area contributed by atoms with Crippen molar-refractivity contribution in [2.75, 3.05) is 5.32 Å². The number of carbonyl (C=O) groups excluding carboxylic acids is 1. The molecule has 0 saturated heterocycles. The van der Waals surface area contributed by atoms with Gasteiger partial charge >= 0.3 is 5.97 Å². The zero-order valence-corrected chi connectivity index (χ0v) is 16.2. The molecule has 3 N–H and O–H groups in total. The Balaban J connectivity index is 2.29. The number of nitro groups is 2. The molecule has 11 nitrogen and oxygen atoms in total. The van der Waals surface area contributed by atoms with E-state index in [9.17, 15) is 34.9 Å². The number of nitrogens with zero attached hydrogens (tertiary/aromatic N) is 2. The number of anilines is 1. The Kier molecular flexibility index (Phi) is 6.64. The van der Waals surface area contributed by atoms with E-state index >= 15 is 0 Å². The van der Waals surface area contributed by atoms with Crippen molar-refractivity contribution in [3.8, 4) is 0 Å². The summed E-state index contributed by atoms with van der Waals surface area (Å²) in [7, 11) is 0. The molecule has 0 aromatic heterocycles. The van der Waals surface area contributed by atoms with Crippen molar-refractivity contribution in [1.29, 1.82) is 0 Å². The number of thiocarbonyl (C=S) groups is 1. The summed E-state index contributed by atoms with van der Waals surface area (Å²) in [4.78, 5) is 43.7. The van der Waals surface area contributed by atoms with Gasteiger partial charge in [0.25, 0.3) is 17.3 Å². The van der Waals surface area contributed by atoms with Gasteiger partial charge in [-0.1, -0.05) is 23.2 Å². The molecule has 2 aromatic rings. The highest BCUT2D eigenvalue weighted by atomic mass is 35.5. The van der Waals surface area contributed by atoms with Crippen molar-refractivity contribution in [1.82, 2.24) is 5.32 Å². The fourth-order valence-electron chi connectivity index (χ4n) is 2.13. The summed E-state index contributed by atoms with van der Waals surface area (Å²) >= 11 is 16.6. The van der Waals surface area contributed by atoms with Gasteiger partial charge < -0.3 is 10.4 Å². The molecular weight excluding hydrogens is 451 g/mol. The first kappa shape index (κ1) is 21.9. The van der Waals surface area contributed by atoms with Gasteiger partial charge in [0, 0.05) is 17.2 Å². The maximum Gasteiger partial charge on any atom is 0.337 e. The number of hydrogen-bond acceptors (Lipinski definition) is 7. The molecule has 0 heterocycles.